The Balaban J connectivity index is 2.07. The van der Waals surface area contributed by atoms with Crippen LogP contribution in [0.25, 0.3) is 11.4 Å². The molecule has 0 aliphatic rings. The number of halogens is 2. The predicted octanol–water partition coefficient (Wildman–Crippen LogP) is 4.44. The number of ether oxygens (including phenoxy) is 2. The molecule has 132 valence electrons. The van der Waals surface area contributed by atoms with Crippen LogP contribution in [0.3, 0.4) is 0 Å². The van der Waals surface area contributed by atoms with Crippen molar-refractivity contribution in [2.75, 3.05) is 7.11 Å². The molecule has 0 bridgehead atoms. The molecule has 0 fully saturated rings. The van der Waals surface area contributed by atoms with Gasteiger partial charge in [0.15, 0.2) is 17.4 Å². The Morgan fingerprint density at radius 1 is 1.19 bits per heavy atom. The minimum absolute atomic E-state index is 0.0157. The number of methoxy groups -OCH3 is 1. The van der Waals surface area contributed by atoms with Crippen molar-refractivity contribution in [3.8, 4) is 28.8 Å². The average Bonchev–Trinajstić information content (AvgIpc) is 2.64. The summed E-state index contributed by atoms with van der Waals surface area (Å²) in [7, 11) is 1.34. The lowest BCUT2D eigenvalue weighted by molar-refractivity contribution is 0.0693. The second kappa shape index (κ2) is 7.37. The number of carbonyl (C=O) groups is 1. The summed E-state index contributed by atoms with van der Waals surface area (Å²) in [6.07, 6.45) is 1.12. The van der Waals surface area contributed by atoms with E-state index in [1.807, 2.05) is 0 Å². The maximum Gasteiger partial charge on any atom is 0.342 e. The van der Waals surface area contributed by atoms with Crippen molar-refractivity contribution in [3.63, 3.8) is 0 Å². The second-order valence-corrected chi connectivity index (χ2v) is 5.51. The summed E-state index contributed by atoms with van der Waals surface area (Å²) in [6.45, 7) is 0. The molecule has 0 atom stereocenters. The van der Waals surface area contributed by atoms with Crippen molar-refractivity contribution >= 4 is 17.6 Å². The van der Waals surface area contributed by atoms with Crippen LogP contribution in [0, 0.1) is 5.82 Å². The van der Waals surface area contributed by atoms with Crippen LogP contribution in [0.1, 0.15) is 10.4 Å². The number of para-hydroxylation sites is 1. The number of carboxylic acids is 1. The third kappa shape index (κ3) is 3.57. The van der Waals surface area contributed by atoms with E-state index in [1.165, 1.54) is 25.3 Å². The predicted molar refractivity (Wildman–Crippen MR) is 92.5 cm³/mol. The lowest BCUT2D eigenvalue weighted by atomic mass is 10.2. The molecule has 0 saturated heterocycles. The van der Waals surface area contributed by atoms with E-state index in [0.29, 0.717) is 10.6 Å². The highest BCUT2D eigenvalue weighted by Crippen LogP contribution is 2.31. The highest BCUT2D eigenvalue weighted by atomic mass is 35.5. The molecule has 0 unspecified atom stereocenters. The Bertz CT molecular complexity index is 981. The molecule has 1 heterocycles. The maximum atomic E-state index is 13.6. The molecular weight excluding hydrogens is 363 g/mol. The first-order valence-corrected chi connectivity index (χ1v) is 7.74. The lowest BCUT2D eigenvalue weighted by Gasteiger charge is -2.11. The van der Waals surface area contributed by atoms with E-state index in [9.17, 15) is 14.3 Å². The van der Waals surface area contributed by atoms with E-state index < -0.39 is 11.8 Å². The van der Waals surface area contributed by atoms with Crippen molar-refractivity contribution in [2.45, 2.75) is 0 Å². The molecule has 26 heavy (non-hydrogen) atoms. The van der Waals surface area contributed by atoms with E-state index >= 15 is 0 Å². The van der Waals surface area contributed by atoms with Gasteiger partial charge in [0.05, 0.1) is 12.1 Å². The zero-order valence-electron chi connectivity index (χ0n) is 13.4. The van der Waals surface area contributed by atoms with Crippen molar-refractivity contribution in [1.82, 2.24) is 9.97 Å². The van der Waals surface area contributed by atoms with Crippen molar-refractivity contribution in [3.05, 3.63) is 65.1 Å². The molecule has 3 aromatic rings. The van der Waals surface area contributed by atoms with Gasteiger partial charge < -0.3 is 14.6 Å². The van der Waals surface area contributed by atoms with Crippen LogP contribution in [-0.2, 0) is 0 Å². The van der Waals surface area contributed by atoms with E-state index in [-0.39, 0.29) is 28.8 Å². The molecule has 0 spiro atoms. The number of benzene rings is 2. The van der Waals surface area contributed by atoms with Gasteiger partial charge in [-0.3, -0.25) is 0 Å². The van der Waals surface area contributed by atoms with Crippen molar-refractivity contribution < 1.29 is 23.8 Å². The zero-order chi connectivity index (χ0) is 18.7. The van der Waals surface area contributed by atoms with E-state index in [0.717, 1.165) is 6.20 Å². The smallest absolute Gasteiger partial charge is 0.342 e. The van der Waals surface area contributed by atoms with Crippen molar-refractivity contribution in [1.29, 1.82) is 0 Å². The summed E-state index contributed by atoms with van der Waals surface area (Å²) < 4.78 is 24.1. The highest BCUT2D eigenvalue weighted by Gasteiger charge is 2.18. The summed E-state index contributed by atoms with van der Waals surface area (Å²) in [5.74, 6) is -1.56. The van der Waals surface area contributed by atoms with Crippen LogP contribution < -0.4 is 9.47 Å². The number of hydrogen-bond donors (Lipinski definition) is 1. The summed E-state index contributed by atoms with van der Waals surface area (Å²) in [5.41, 5.74) is 0.201. The Morgan fingerprint density at radius 3 is 2.65 bits per heavy atom. The fraction of sp³-hybridized carbons (Fsp3) is 0.0556. The van der Waals surface area contributed by atoms with Crippen LogP contribution in [0.15, 0.2) is 48.7 Å². The van der Waals surface area contributed by atoms with Gasteiger partial charge in [-0.2, -0.15) is 4.98 Å². The molecular formula is C18H12ClFN2O4. The maximum absolute atomic E-state index is 13.6. The monoisotopic (exact) mass is 374 g/mol. The molecule has 0 amide bonds. The van der Waals surface area contributed by atoms with Gasteiger partial charge in [-0.25, -0.2) is 14.2 Å². The fourth-order valence-electron chi connectivity index (χ4n) is 2.16. The summed E-state index contributed by atoms with van der Waals surface area (Å²) in [5, 5.41) is 9.63. The number of nitrogens with zero attached hydrogens (tertiary/aromatic N) is 2. The first-order valence-electron chi connectivity index (χ1n) is 7.36. The van der Waals surface area contributed by atoms with Gasteiger partial charge in [0, 0.05) is 11.8 Å². The van der Waals surface area contributed by atoms with Gasteiger partial charge in [-0.15, -0.1) is 0 Å². The SMILES string of the molecule is COc1cc(-c2ncc(C(=O)O)c(Oc3ccccc3Cl)n2)ccc1F. The van der Waals surface area contributed by atoms with Gasteiger partial charge >= 0.3 is 5.97 Å². The Labute approximate surface area is 152 Å². The van der Waals surface area contributed by atoms with Crippen LogP contribution in [-0.4, -0.2) is 28.2 Å². The summed E-state index contributed by atoms with van der Waals surface area (Å²) >= 11 is 6.05. The molecule has 8 heteroatoms. The molecule has 0 saturated carbocycles. The number of carboxylic acid groups (broad SMARTS) is 1. The second-order valence-electron chi connectivity index (χ2n) is 5.10. The largest absolute Gasteiger partial charge is 0.494 e. The van der Waals surface area contributed by atoms with Gasteiger partial charge in [0.1, 0.15) is 11.3 Å². The fourth-order valence-corrected chi connectivity index (χ4v) is 2.33. The van der Waals surface area contributed by atoms with Crippen LogP contribution in [0.4, 0.5) is 4.39 Å². The molecule has 6 nitrogen and oxygen atoms in total. The molecule has 1 N–H and O–H groups in total. The molecule has 0 aliphatic heterocycles. The first-order chi connectivity index (χ1) is 12.5. The minimum Gasteiger partial charge on any atom is -0.494 e. The average molecular weight is 375 g/mol. The van der Waals surface area contributed by atoms with Gasteiger partial charge in [-0.05, 0) is 30.3 Å². The normalized spacial score (nSPS) is 10.4. The molecule has 2 aromatic carbocycles. The standard InChI is InChI=1S/C18H12ClFN2O4/c1-25-15-8-10(6-7-13(15)20)16-21-9-11(18(23)24)17(22-16)26-14-5-3-2-4-12(14)19/h2-9H,1H3,(H,23,24). The minimum atomic E-state index is -1.25. The number of rotatable bonds is 5. The quantitative estimate of drug-likeness (QED) is 0.711. The van der Waals surface area contributed by atoms with Crippen LogP contribution in [0.2, 0.25) is 5.02 Å². The first kappa shape index (κ1) is 17.6. The molecule has 1 aromatic heterocycles. The molecule has 3 rings (SSSR count). The Morgan fingerprint density at radius 2 is 1.96 bits per heavy atom. The van der Waals surface area contributed by atoms with Gasteiger partial charge in [0.2, 0.25) is 5.88 Å². The molecule has 0 aliphatic carbocycles. The van der Waals surface area contributed by atoms with Gasteiger partial charge in [-0.1, -0.05) is 23.7 Å². The Hall–Kier alpha value is -3.19. The molecule has 0 radical (unpaired) electrons. The summed E-state index contributed by atoms with van der Waals surface area (Å²) in [6, 6.07) is 10.6. The van der Waals surface area contributed by atoms with Crippen molar-refractivity contribution in [2.24, 2.45) is 0 Å². The van der Waals surface area contributed by atoms with Crippen LogP contribution >= 0.6 is 11.6 Å². The third-order valence-electron chi connectivity index (χ3n) is 3.44. The van der Waals surface area contributed by atoms with E-state index in [1.54, 1.807) is 24.3 Å². The topological polar surface area (TPSA) is 81.5 Å². The third-order valence-corrected chi connectivity index (χ3v) is 3.75. The Kier molecular flexibility index (Phi) is 4.99. The van der Waals surface area contributed by atoms with E-state index in [4.69, 9.17) is 21.1 Å². The number of aromatic carboxylic acids is 1. The number of aromatic nitrogens is 2. The van der Waals surface area contributed by atoms with Crippen LogP contribution in [0.5, 0.6) is 17.4 Å². The number of hydrogen-bond acceptors (Lipinski definition) is 5. The van der Waals surface area contributed by atoms with E-state index in [2.05, 4.69) is 9.97 Å². The zero-order valence-corrected chi connectivity index (χ0v) is 14.2. The summed E-state index contributed by atoms with van der Waals surface area (Å²) in [4.78, 5) is 19.6. The lowest BCUT2D eigenvalue weighted by Crippen LogP contribution is -2.05. The van der Waals surface area contributed by atoms with Gasteiger partial charge in [0.25, 0.3) is 0 Å². The highest BCUT2D eigenvalue weighted by molar-refractivity contribution is 6.32.